The zero-order valence-corrected chi connectivity index (χ0v) is 15.9. The molecule has 1 aromatic carbocycles. The van der Waals surface area contributed by atoms with Gasteiger partial charge in [0.2, 0.25) is 0 Å². The topological polar surface area (TPSA) is 100 Å². The van der Waals surface area contributed by atoms with Gasteiger partial charge in [-0.2, -0.15) is 5.48 Å². The van der Waals surface area contributed by atoms with Crippen molar-refractivity contribution < 1.29 is 28.3 Å². The fourth-order valence-electron chi connectivity index (χ4n) is 3.21. The molecule has 154 valence electrons. The number of carbonyl (C=O) groups excluding carboxylic acids is 3. The van der Waals surface area contributed by atoms with E-state index in [0.29, 0.717) is 18.5 Å². The number of nitrogens with one attached hydrogen (secondary N) is 2. The van der Waals surface area contributed by atoms with E-state index in [1.807, 2.05) is 0 Å². The SMILES string of the molecule is C#CCC1C(=O)NOc2cc(F)c(NC(=O)N3CCCCN3C(=O)OCC)cc21. The monoisotopic (exact) mass is 404 g/mol. The third-order valence-corrected chi connectivity index (χ3v) is 4.61. The highest BCUT2D eigenvalue weighted by atomic mass is 19.1. The molecule has 29 heavy (non-hydrogen) atoms. The minimum atomic E-state index is -0.757. The number of amides is 4. The number of hydrazine groups is 1. The van der Waals surface area contributed by atoms with Crippen LogP contribution in [0.4, 0.5) is 19.7 Å². The number of benzene rings is 1. The molecule has 2 N–H and O–H groups in total. The lowest BCUT2D eigenvalue weighted by Gasteiger charge is -2.37. The van der Waals surface area contributed by atoms with Crippen LogP contribution in [0, 0.1) is 18.2 Å². The molecule has 0 aromatic heterocycles. The number of fused-ring (bicyclic) bond motifs is 1. The van der Waals surface area contributed by atoms with Crippen LogP contribution in [0.5, 0.6) is 5.75 Å². The number of rotatable bonds is 3. The molecule has 2 heterocycles. The molecule has 2 aliphatic heterocycles. The number of ether oxygens (including phenoxy) is 1. The average Bonchev–Trinajstić information content (AvgIpc) is 2.71. The first-order valence-electron chi connectivity index (χ1n) is 9.22. The first kappa shape index (κ1) is 20.3. The number of terminal acetylenes is 1. The van der Waals surface area contributed by atoms with Crippen LogP contribution in [0.15, 0.2) is 12.1 Å². The van der Waals surface area contributed by atoms with Crippen LogP contribution in [0.25, 0.3) is 0 Å². The number of halogens is 1. The molecule has 1 saturated heterocycles. The number of urea groups is 1. The molecule has 0 spiro atoms. The summed E-state index contributed by atoms with van der Waals surface area (Å²) >= 11 is 0. The summed E-state index contributed by atoms with van der Waals surface area (Å²) in [7, 11) is 0. The third kappa shape index (κ3) is 4.18. The van der Waals surface area contributed by atoms with E-state index in [2.05, 4.69) is 16.7 Å². The zero-order chi connectivity index (χ0) is 21.0. The van der Waals surface area contributed by atoms with E-state index in [0.717, 1.165) is 12.5 Å². The Bertz CT molecular complexity index is 869. The van der Waals surface area contributed by atoms with E-state index in [4.69, 9.17) is 16.0 Å². The summed E-state index contributed by atoms with van der Waals surface area (Å²) in [6.07, 6.45) is 6.17. The summed E-state index contributed by atoms with van der Waals surface area (Å²) in [5.74, 6) is 0.576. The van der Waals surface area contributed by atoms with Gasteiger partial charge in [0.05, 0.1) is 18.2 Å². The van der Waals surface area contributed by atoms with Crippen molar-refractivity contribution in [2.45, 2.75) is 32.1 Å². The molecule has 9 nitrogen and oxygen atoms in total. The maximum atomic E-state index is 14.5. The molecule has 10 heteroatoms. The van der Waals surface area contributed by atoms with Gasteiger partial charge in [0.1, 0.15) is 0 Å². The Morgan fingerprint density at radius 2 is 2.10 bits per heavy atom. The first-order valence-corrected chi connectivity index (χ1v) is 9.22. The molecule has 0 saturated carbocycles. The van der Waals surface area contributed by atoms with Gasteiger partial charge in [0, 0.05) is 31.1 Å². The van der Waals surface area contributed by atoms with E-state index < -0.39 is 29.8 Å². The van der Waals surface area contributed by atoms with Crippen LogP contribution in [0.2, 0.25) is 0 Å². The van der Waals surface area contributed by atoms with Gasteiger partial charge in [-0.05, 0) is 25.8 Å². The molecule has 0 bridgehead atoms. The fourth-order valence-corrected chi connectivity index (χ4v) is 3.21. The first-order chi connectivity index (χ1) is 14.0. The molecule has 1 unspecified atom stereocenters. The fraction of sp³-hybridized carbons (Fsp3) is 0.421. The van der Waals surface area contributed by atoms with Crippen molar-refractivity contribution in [1.29, 1.82) is 0 Å². The van der Waals surface area contributed by atoms with Crippen molar-refractivity contribution in [1.82, 2.24) is 15.5 Å². The number of hydrogen-bond donors (Lipinski definition) is 2. The van der Waals surface area contributed by atoms with Gasteiger partial charge in [0.15, 0.2) is 11.6 Å². The average molecular weight is 404 g/mol. The van der Waals surface area contributed by atoms with Crippen LogP contribution < -0.4 is 15.6 Å². The smallest absolute Gasteiger partial charge is 0.428 e. The Hall–Kier alpha value is -3.48. The second-order valence-electron chi connectivity index (χ2n) is 6.48. The second kappa shape index (κ2) is 8.68. The summed E-state index contributed by atoms with van der Waals surface area (Å²) in [4.78, 5) is 41.9. The molecule has 3 rings (SSSR count). The lowest BCUT2D eigenvalue weighted by atomic mass is 9.93. The lowest BCUT2D eigenvalue weighted by Crippen LogP contribution is -2.54. The van der Waals surface area contributed by atoms with Gasteiger partial charge in [-0.3, -0.25) is 4.79 Å². The number of hydroxylamine groups is 1. The predicted molar refractivity (Wildman–Crippen MR) is 100 cm³/mol. The molecule has 1 fully saturated rings. The van der Waals surface area contributed by atoms with Gasteiger partial charge in [-0.25, -0.2) is 24.0 Å². The molecule has 0 aliphatic carbocycles. The Morgan fingerprint density at radius 1 is 1.38 bits per heavy atom. The number of anilines is 1. The highest BCUT2D eigenvalue weighted by molar-refractivity contribution is 5.92. The molecule has 0 radical (unpaired) electrons. The van der Waals surface area contributed by atoms with E-state index >= 15 is 0 Å². The van der Waals surface area contributed by atoms with Crippen molar-refractivity contribution in [3.8, 4) is 18.1 Å². The zero-order valence-electron chi connectivity index (χ0n) is 15.9. The van der Waals surface area contributed by atoms with Gasteiger partial charge >= 0.3 is 12.1 Å². The summed E-state index contributed by atoms with van der Waals surface area (Å²) in [6.45, 7) is 2.43. The quantitative estimate of drug-likeness (QED) is 0.754. The molecular weight excluding hydrogens is 383 g/mol. The van der Waals surface area contributed by atoms with Crippen molar-refractivity contribution in [3.05, 3.63) is 23.5 Å². The minimum absolute atomic E-state index is 0.0873. The Labute approximate surface area is 167 Å². The Balaban J connectivity index is 1.84. The molecule has 1 atom stereocenters. The highest BCUT2D eigenvalue weighted by Crippen LogP contribution is 2.36. The summed E-state index contributed by atoms with van der Waals surface area (Å²) in [5.41, 5.74) is 2.40. The highest BCUT2D eigenvalue weighted by Gasteiger charge is 2.33. The number of carbonyl (C=O) groups is 3. The Kier molecular flexibility index (Phi) is 6.07. The van der Waals surface area contributed by atoms with E-state index in [9.17, 15) is 18.8 Å². The second-order valence-corrected chi connectivity index (χ2v) is 6.48. The van der Waals surface area contributed by atoms with Crippen LogP contribution in [-0.4, -0.2) is 47.7 Å². The Morgan fingerprint density at radius 3 is 2.79 bits per heavy atom. The van der Waals surface area contributed by atoms with E-state index in [1.54, 1.807) is 6.92 Å². The summed E-state index contributed by atoms with van der Waals surface area (Å²) < 4.78 is 19.5. The maximum absolute atomic E-state index is 14.5. The van der Waals surface area contributed by atoms with Gasteiger partial charge < -0.3 is 14.9 Å². The van der Waals surface area contributed by atoms with E-state index in [1.165, 1.54) is 16.1 Å². The maximum Gasteiger partial charge on any atom is 0.428 e. The van der Waals surface area contributed by atoms with Gasteiger partial charge in [0.25, 0.3) is 5.91 Å². The number of nitrogens with zero attached hydrogens (tertiary/aromatic N) is 2. The lowest BCUT2D eigenvalue weighted by molar-refractivity contribution is -0.130. The van der Waals surface area contributed by atoms with Gasteiger partial charge in [-0.15, -0.1) is 12.3 Å². The largest absolute Gasteiger partial charge is 0.448 e. The predicted octanol–water partition coefficient (Wildman–Crippen LogP) is 2.36. The minimum Gasteiger partial charge on any atom is -0.448 e. The van der Waals surface area contributed by atoms with Crippen LogP contribution in [-0.2, 0) is 9.53 Å². The van der Waals surface area contributed by atoms with Crippen molar-refractivity contribution >= 4 is 23.7 Å². The van der Waals surface area contributed by atoms with Crippen molar-refractivity contribution in [2.24, 2.45) is 0 Å². The number of hydrogen-bond acceptors (Lipinski definition) is 5. The van der Waals surface area contributed by atoms with Crippen molar-refractivity contribution in [3.63, 3.8) is 0 Å². The van der Waals surface area contributed by atoms with Crippen molar-refractivity contribution in [2.75, 3.05) is 25.0 Å². The van der Waals surface area contributed by atoms with Crippen LogP contribution in [0.3, 0.4) is 0 Å². The summed E-state index contributed by atoms with van der Waals surface area (Å²) in [6, 6.07) is 1.70. The van der Waals surface area contributed by atoms with Crippen LogP contribution >= 0.6 is 0 Å². The normalized spacial score (nSPS) is 18.1. The molecule has 4 amide bonds. The molecule has 2 aliphatic rings. The standard InChI is InChI=1S/C19H21FN4O5/c1-3-7-12-13-10-15(14(20)11-16(13)29-22-17(12)25)21-18(26)23-8-5-6-9-24(23)19(27)28-4-2/h1,10-12H,4-9H2,2H3,(H,21,26)(H,22,25). The van der Waals surface area contributed by atoms with E-state index in [-0.39, 0.29) is 31.0 Å². The van der Waals surface area contributed by atoms with Crippen LogP contribution in [0.1, 0.15) is 37.7 Å². The molecule has 1 aromatic rings. The third-order valence-electron chi connectivity index (χ3n) is 4.61. The van der Waals surface area contributed by atoms with Gasteiger partial charge in [-0.1, -0.05) is 0 Å². The summed E-state index contributed by atoms with van der Waals surface area (Å²) in [5, 5.41) is 4.83. The molecular formula is C19H21FN4O5.